The third kappa shape index (κ3) is 5.10. The summed E-state index contributed by atoms with van der Waals surface area (Å²) in [7, 11) is -1.99. The highest BCUT2D eigenvalue weighted by Crippen LogP contribution is 2.32. The van der Waals surface area contributed by atoms with E-state index in [1.807, 2.05) is 12.1 Å². The van der Waals surface area contributed by atoms with Crippen molar-refractivity contribution in [3.63, 3.8) is 0 Å². The van der Waals surface area contributed by atoms with Crippen LogP contribution in [-0.4, -0.2) is 45.8 Å². The van der Waals surface area contributed by atoms with Crippen LogP contribution in [0.4, 0.5) is 5.69 Å². The van der Waals surface area contributed by atoms with E-state index in [1.54, 1.807) is 41.3 Å². The van der Waals surface area contributed by atoms with Crippen molar-refractivity contribution in [1.82, 2.24) is 18.4 Å². The van der Waals surface area contributed by atoms with Gasteiger partial charge in [0, 0.05) is 50.9 Å². The summed E-state index contributed by atoms with van der Waals surface area (Å²) in [6, 6.07) is 8.70. The van der Waals surface area contributed by atoms with Crippen molar-refractivity contribution in [2.75, 3.05) is 18.4 Å². The minimum absolute atomic E-state index is 0.0620. The van der Waals surface area contributed by atoms with Crippen LogP contribution in [0.2, 0.25) is 0 Å². The van der Waals surface area contributed by atoms with Gasteiger partial charge in [0.05, 0.1) is 10.4 Å². The molecule has 1 fully saturated rings. The number of anilines is 1. The molecule has 2 aromatic heterocycles. The minimum atomic E-state index is -3.72. The lowest BCUT2D eigenvalue weighted by atomic mass is 9.95. The lowest BCUT2D eigenvalue weighted by molar-refractivity contribution is -0.114. The zero-order chi connectivity index (χ0) is 26.4. The van der Waals surface area contributed by atoms with Crippen molar-refractivity contribution in [1.29, 1.82) is 0 Å². The largest absolute Gasteiger partial charge is 0.330 e. The molecule has 1 unspecified atom stereocenters. The third-order valence-electron chi connectivity index (χ3n) is 6.55. The molecule has 3 heterocycles. The number of aromatic nitrogens is 3. The number of sulfonamides is 1. The molecular formula is C26H35N5O4S. The number of rotatable bonds is 5. The summed E-state index contributed by atoms with van der Waals surface area (Å²) in [5, 5.41) is 2.69. The third-order valence-corrected chi connectivity index (χ3v) is 8.58. The average Bonchev–Trinajstić information content (AvgIpc) is 3.02. The lowest BCUT2D eigenvalue weighted by Crippen LogP contribution is -2.39. The second-order valence-corrected chi connectivity index (χ2v) is 12.8. The molecule has 0 saturated carbocycles. The van der Waals surface area contributed by atoms with Gasteiger partial charge in [-0.1, -0.05) is 20.8 Å². The van der Waals surface area contributed by atoms with Crippen LogP contribution in [0.1, 0.15) is 57.7 Å². The number of fused-ring (bicyclic) bond motifs is 1. The Morgan fingerprint density at radius 1 is 1.19 bits per heavy atom. The first-order valence-electron chi connectivity index (χ1n) is 12.2. The number of hydrogen-bond donors (Lipinski definition) is 1. The Morgan fingerprint density at radius 2 is 1.92 bits per heavy atom. The van der Waals surface area contributed by atoms with Gasteiger partial charge in [-0.3, -0.25) is 13.9 Å². The van der Waals surface area contributed by atoms with E-state index in [0.717, 1.165) is 24.1 Å². The molecule has 0 spiro atoms. The molecule has 4 rings (SSSR count). The first-order valence-corrected chi connectivity index (χ1v) is 13.7. The molecule has 3 aromatic rings. The molecule has 1 aliphatic heterocycles. The van der Waals surface area contributed by atoms with E-state index in [2.05, 4.69) is 26.1 Å². The average molecular weight is 514 g/mol. The van der Waals surface area contributed by atoms with Gasteiger partial charge in [-0.2, -0.15) is 4.31 Å². The highest BCUT2D eigenvalue weighted by Gasteiger charge is 2.33. The Hall–Kier alpha value is -2.98. The number of nitrogens with zero attached hydrogens (tertiary/aromatic N) is 4. The molecule has 1 amide bonds. The topological polar surface area (TPSA) is 106 Å². The fourth-order valence-electron chi connectivity index (χ4n) is 4.90. The number of hydrogen-bond acceptors (Lipinski definition) is 5. The van der Waals surface area contributed by atoms with Gasteiger partial charge in [0.1, 0.15) is 0 Å². The predicted molar refractivity (Wildman–Crippen MR) is 141 cm³/mol. The molecule has 1 N–H and O–H groups in total. The Balaban J connectivity index is 1.62. The van der Waals surface area contributed by atoms with Gasteiger partial charge >= 0.3 is 5.69 Å². The molecule has 0 radical (unpaired) electrons. The first kappa shape index (κ1) is 26.1. The van der Waals surface area contributed by atoms with E-state index in [1.165, 1.54) is 11.2 Å². The second-order valence-electron chi connectivity index (χ2n) is 10.9. The Labute approximate surface area is 212 Å². The Kier molecular flexibility index (Phi) is 6.87. The number of aryl methyl sites for hydroxylation is 2. The van der Waals surface area contributed by atoms with E-state index in [9.17, 15) is 18.0 Å². The summed E-state index contributed by atoms with van der Waals surface area (Å²) in [5.41, 5.74) is 3.19. The van der Waals surface area contributed by atoms with Crippen molar-refractivity contribution in [3.05, 3.63) is 52.1 Å². The van der Waals surface area contributed by atoms with Crippen LogP contribution >= 0.6 is 0 Å². The summed E-state index contributed by atoms with van der Waals surface area (Å²) in [6.07, 6.45) is 1.54. The number of nitrogens with one attached hydrogen (secondary N) is 1. The maximum Gasteiger partial charge on any atom is 0.330 e. The van der Waals surface area contributed by atoms with Crippen LogP contribution in [0.25, 0.3) is 11.2 Å². The number of pyridine rings is 1. The summed E-state index contributed by atoms with van der Waals surface area (Å²) >= 11 is 0. The van der Waals surface area contributed by atoms with Gasteiger partial charge in [0.25, 0.3) is 0 Å². The summed E-state index contributed by atoms with van der Waals surface area (Å²) in [6.45, 7) is 10.8. The maximum atomic E-state index is 13.5. The van der Waals surface area contributed by atoms with Crippen molar-refractivity contribution in [2.24, 2.45) is 12.5 Å². The standard InChI is InChI=1S/C26H35N5O4S/c1-17-14-20(27-18(2)32)9-12-23(17)36(34,35)30-13-7-8-19(15-30)21-10-11-22-24(28-21)29(6)25(33)31(22)16-26(3,4)5/h9-12,14,19H,7-8,13,15-16H2,1-6H3,(H,27,32). The van der Waals surface area contributed by atoms with Crippen molar-refractivity contribution in [2.45, 2.75) is 64.8 Å². The normalized spacial score (nSPS) is 17.4. The first-order chi connectivity index (χ1) is 16.8. The van der Waals surface area contributed by atoms with Gasteiger partial charge in [-0.15, -0.1) is 0 Å². The number of carbonyl (C=O) groups is 1. The van der Waals surface area contributed by atoms with Crippen LogP contribution in [-0.2, 0) is 28.4 Å². The van der Waals surface area contributed by atoms with Gasteiger partial charge < -0.3 is 5.32 Å². The van der Waals surface area contributed by atoms with Crippen molar-refractivity contribution >= 4 is 32.8 Å². The molecule has 10 heteroatoms. The molecule has 36 heavy (non-hydrogen) atoms. The lowest BCUT2D eigenvalue weighted by Gasteiger charge is -2.32. The van der Waals surface area contributed by atoms with E-state index in [-0.39, 0.29) is 27.8 Å². The van der Waals surface area contributed by atoms with Crippen molar-refractivity contribution < 1.29 is 13.2 Å². The van der Waals surface area contributed by atoms with E-state index in [4.69, 9.17) is 4.98 Å². The number of amides is 1. The van der Waals surface area contributed by atoms with Gasteiger partial charge in [0.15, 0.2) is 5.65 Å². The SMILES string of the molecule is CC(=O)Nc1ccc(S(=O)(=O)N2CCCC(c3ccc4c(n3)n(C)c(=O)n4CC(C)(C)C)C2)c(C)c1. The zero-order valence-corrected chi connectivity index (χ0v) is 22.6. The summed E-state index contributed by atoms with van der Waals surface area (Å²) in [5.74, 6) is -0.280. The van der Waals surface area contributed by atoms with E-state index >= 15 is 0 Å². The van der Waals surface area contributed by atoms with Gasteiger partial charge in [-0.25, -0.2) is 18.2 Å². The Morgan fingerprint density at radius 3 is 2.56 bits per heavy atom. The molecule has 1 saturated heterocycles. The molecule has 9 nitrogen and oxygen atoms in total. The van der Waals surface area contributed by atoms with Gasteiger partial charge in [-0.05, 0) is 61.1 Å². The highest BCUT2D eigenvalue weighted by atomic mass is 32.2. The molecule has 0 bridgehead atoms. The smallest absolute Gasteiger partial charge is 0.326 e. The van der Waals surface area contributed by atoms with Gasteiger partial charge in [0.2, 0.25) is 15.9 Å². The molecule has 1 atom stereocenters. The van der Waals surface area contributed by atoms with Crippen LogP contribution < -0.4 is 11.0 Å². The number of imidazole rings is 1. The Bertz CT molecular complexity index is 1480. The molecule has 1 aliphatic rings. The zero-order valence-electron chi connectivity index (χ0n) is 21.8. The minimum Gasteiger partial charge on any atom is -0.326 e. The van der Waals surface area contributed by atoms with E-state index < -0.39 is 10.0 Å². The van der Waals surface area contributed by atoms with E-state index in [0.29, 0.717) is 36.5 Å². The van der Waals surface area contributed by atoms with Crippen LogP contribution in [0.3, 0.4) is 0 Å². The fourth-order valence-corrected chi connectivity index (χ4v) is 6.63. The molecular weight excluding hydrogens is 478 g/mol. The predicted octanol–water partition coefficient (Wildman–Crippen LogP) is 3.62. The van der Waals surface area contributed by atoms with Crippen LogP contribution in [0.15, 0.2) is 40.0 Å². The van der Waals surface area contributed by atoms with Crippen LogP contribution in [0.5, 0.6) is 0 Å². The highest BCUT2D eigenvalue weighted by molar-refractivity contribution is 7.89. The monoisotopic (exact) mass is 513 g/mol. The second kappa shape index (κ2) is 9.48. The van der Waals surface area contributed by atoms with Crippen LogP contribution in [0, 0.1) is 12.3 Å². The molecule has 0 aliphatic carbocycles. The number of piperidine rings is 1. The number of carbonyl (C=O) groups excluding carboxylic acids is 1. The molecule has 1 aromatic carbocycles. The molecule has 194 valence electrons. The van der Waals surface area contributed by atoms with Crippen molar-refractivity contribution in [3.8, 4) is 0 Å². The summed E-state index contributed by atoms with van der Waals surface area (Å²) in [4.78, 5) is 29.3. The maximum absolute atomic E-state index is 13.5. The number of benzene rings is 1. The summed E-state index contributed by atoms with van der Waals surface area (Å²) < 4.78 is 31.9. The fraction of sp³-hybridized carbons (Fsp3) is 0.500. The quantitative estimate of drug-likeness (QED) is 0.561.